The zero-order valence-electron chi connectivity index (χ0n) is 24.9. The summed E-state index contributed by atoms with van der Waals surface area (Å²) in [6.07, 6.45) is 1.52. The number of primary amides is 1. The minimum atomic E-state index is -0.670. The van der Waals surface area contributed by atoms with Crippen LogP contribution in [0.2, 0.25) is 5.02 Å². The number of nitrogens with one attached hydrogen (secondary N) is 3. The quantitative estimate of drug-likeness (QED) is 0.0871. The van der Waals surface area contributed by atoms with E-state index < -0.39 is 23.0 Å². The lowest BCUT2D eigenvalue weighted by molar-refractivity contribution is -0.116. The minimum Gasteiger partial charge on any atom is -0.366 e. The average Bonchev–Trinajstić information content (AvgIpc) is 3.09. The van der Waals surface area contributed by atoms with Crippen molar-refractivity contribution in [2.24, 2.45) is 5.73 Å². The van der Waals surface area contributed by atoms with Crippen molar-refractivity contribution in [3.8, 4) is 0 Å². The Morgan fingerprint density at radius 1 is 0.702 bits per heavy atom. The van der Waals surface area contributed by atoms with Crippen molar-refractivity contribution in [2.75, 3.05) is 10.6 Å². The van der Waals surface area contributed by atoms with E-state index in [1.165, 1.54) is 17.8 Å². The zero-order chi connectivity index (χ0) is 33.2. The van der Waals surface area contributed by atoms with Gasteiger partial charge in [-0.15, -0.1) is 11.8 Å². The van der Waals surface area contributed by atoms with E-state index in [-0.39, 0.29) is 17.2 Å². The predicted molar refractivity (Wildman–Crippen MR) is 187 cm³/mol. The van der Waals surface area contributed by atoms with Gasteiger partial charge in [-0.1, -0.05) is 90.5 Å². The van der Waals surface area contributed by atoms with Gasteiger partial charge in [0, 0.05) is 21.2 Å². The number of nitrogens with two attached hydrogens (primary N) is 1. The molecule has 234 valence electrons. The monoisotopic (exact) mass is 660 g/mol. The molecule has 5 rings (SSSR count). The first-order valence-electron chi connectivity index (χ1n) is 14.4. The number of carbonyl (C=O) groups excluding carboxylic acids is 4. The van der Waals surface area contributed by atoms with Gasteiger partial charge < -0.3 is 21.7 Å². The van der Waals surface area contributed by atoms with Gasteiger partial charge in [0.2, 0.25) is 5.91 Å². The number of benzene rings is 5. The number of hydrogen-bond donors (Lipinski definition) is 4. The predicted octanol–water partition coefficient (Wildman–Crippen LogP) is 7.32. The smallest absolute Gasteiger partial charge is 0.272 e. The number of halogens is 1. The fourth-order valence-corrected chi connectivity index (χ4v) is 5.76. The standard InChI is InChI=1S/C37H29ClN4O4S/c38-30-17-9-7-15-26(30)23-32(42-35(44)25-13-5-2-6-14-25)36(45)40-27-19-21-28(22-20-27)47-33(24-11-3-1-4-12-24)37(46)41-31-18-10-8-16-29(31)34(39)43/h1-23,33H,(H2,39,43)(H,40,45)(H,41,46)(H,42,44)/b32-23-. The minimum absolute atomic E-state index is 0.00228. The van der Waals surface area contributed by atoms with E-state index in [9.17, 15) is 19.2 Å². The van der Waals surface area contributed by atoms with E-state index >= 15 is 0 Å². The fourth-order valence-electron chi connectivity index (χ4n) is 4.55. The van der Waals surface area contributed by atoms with Crippen LogP contribution in [-0.4, -0.2) is 23.6 Å². The maximum Gasteiger partial charge on any atom is 0.272 e. The lowest BCUT2D eigenvalue weighted by Crippen LogP contribution is -2.30. The highest BCUT2D eigenvalue weighted by atomic mass is 35.5. The van der Waals surface area contributed by atoms with Gasteiger partial charge in [0.25, 0.3) is 17.7 Å². The van der Waals surface area contributed by atoms with Crippen LogP contribution < -0.4 is 21.7 Å². The van der Waals surface area contributed by atoms with Gasteiger partial charge >= 0.3 is 0 Å². The number of para-hydroxylation sites is 1. The topological polar surface area (TPSA) is 130 Å². The summed E-state index contributed by atoms with van der Waals surface area (Å²) >= 11 is 7.64. The maximum atomic E-state index is 13.6. The molecule has 0 saturated carbocycles. The van der Waals surface area contributed by atoms with Gasteiger partial charge in [-0.05, 0) is 71.8 Å². The Kier molecular flexibility index (Phi) is 10.9. The highest BCUT2D eigenvalue weighted by molar-refractivity contribution is 8.00. The largest absolute Gasteiger partial charge is 0.366 e. The summed E-state index contributed by atoms with van der Waals surface area (Å²) in [6, 6.07) is 38.3. The SMILES string of the molecule is NC(=O)c1ccccc1NC(=O)C(Sc1ccc(NC(=O)/C(=C/c2ccccc2Cl)NC(=O)c2ccccc2)cc1)c1ccccc1. The third-order valence-electron chi connectivity index (χ3n) is 6.89. The number of hydrogen-bond acceptors (Lipinski definition) is 5. The van der Waals surface area contributed by atoms with E-state index in [1.54, 1.807) is 103 Å². The van der Waals surface area contributed by atoms with E-state index in [4.69, 9.17) is 17.3 Å². The van der Waals surface area contributed by atoms with E-state index in [2.05, 4.69) is 16.0 Å². The molecule has 0 fully saturated rings. The molecule has 47 heavy (non-hydrogen) atoms. The molecular weight excluding hydrogens is 632 g/mol. The molecule has 5 N–H and O–H groups in total. The van der Waals surface area contributed by atoms with Crippen molar-refractivity contribution in [1.82, 2.24) is 5.32 Å². The Morgan fingerprint density at radius 3 is 2.00 bits per heavy atom. The number of amides is 4. The normalized spacial score (nSPS) is 11.6. The van der Waals surface area contributed by atoms with Crippen LogP contribution in [0.5, 0.6) is 0 Å². The van der Waals surface area contributed by atoms with Crippen LogP contribution in [0.25, 0.3) is 6.08 Å². The van der Waals surface area contributed by atoms with Gasteiger partial charge in [-0.25, -0.2) is 0 Å². The third kappa shape index (κ3) is 8.76. The zero-order valence-corrected chi connectivity index (χ0v) is 26.4. The summed E-state index contributed by atoms with van der Waals surface area (Å²) in [6.45, 7) is 0. The Morgan fingerprint density at radius 2 is 1.32 bits per heavy atom. The molecule has 0 heterocycles. The molecule has 0 radical (unpaired) electrons. The highest BCUT2D eigenvalue weighted by Gasteiger charge is 2.24. The molecule has 5 aromatic rings. The lowest BCUT2D eigenvalue weighted by atomic mass is 10.1. The van der Waals surface area contributed by atoms with Gasteiger partial charge in [-0.3, -0.25) is 19.2 Å². The molecule has 0 spiro atoms. The Hall–Kier alpha value is -5.64. The van der Waals surface area contributed by atoms with Crippen molar-refractivity contribution < 1.29 is 19.2 Å². The van der Waals surface area contributed by atoms with Crippen LogP contribution >= 0.6 is 23.4 Å². The van der Waals surface area contributed by atoms with Gasteiger partial charge in [0.1, 0.15) is 10.9 Å². The first-order chi connectivity index (χ1) is 22.8. The molecule has 4 amide bonds. The molecule has 0 bridgehead atoms. The summed E-state index contributed by atoms with van der Waals surface area (Å²) in [5.74, 6) is -1.98. The fraction of sp³-hybridized carbons (Fsp3) is 0.0270. The average molecular weight is 661 g/mol. The Bertz CT molecular complexity index is 1930. The molecule has 1 atom stereocenters. The summed E-state index contributed by atoms with van der Waals surface area (Å²) in [5, 5.41) is 8.12. The van der Waals surface area contributed by atoms with Crippen LogP contribution in [0.4, 0.5) is 11.4 Å². The molecule has 1 unspecified atom stereocenters. The summed E-state index contributed by atoms with van der Waals surface area (Å²) < 4.78 is 0. The van der Waals surface area contributed by atoms with Crippen LogP contribution in [0.15, 0.2) is 144 Å². The summed E-state index contributed by atoms with van der Waals surface area (Å²) in [7, 11) is 0. The number of carbonyl (C=O) groups is 4. The first-order valence-corrected chi connectivity index (χ1v) is 15.7. The van der Waals surface area contributed by atoms with E-state index in [0.717, 1.165) is 10.5 Å². The van der Waals surface area contributed by atoms with Crippen LogP contribution in [0.1, 0.15) is 37.1 Å². The third-order valence-corrected chi connectivity index (χ3v) is 8.50. The van der Waals surface area contributed by atoms with Gasteiger partial charge in [-0.2, -0.15) is 0 Å². The molecular formula is C37H29ClN4O4S. The second-order valence-electron chi connectivity index (χ2n) is 10.2. The van der Waals surface area contributed by atoms with E-state index in [1.807, 2.05) is 30.3 Å². The second kappa shape index (κ2) is 15.6. The molecule has 5 aromatic carbocycles. The maximum absolute atomic E-state index is 13.6. The highest BCUT2D eigenvalue weighted by Crippen LogP contribution is 2.37. The molecule has 10 heteroatoms. The molecule has 0 saturated heterocycles. The molecule has 0 aliphatic carbocycles. The Balaban J connectivity index is 1.34. The summed E-state index contributed by atoms with van der Waals surface area (Å²) in [5.41, 5.74) is 8.22. The summed E-state index contributed by atoms with van der Waals surface area (Å²) in [4.78, 5) is 52.6. The molecule has 8 nitrogen and oxygen atoms in total. The lowest BCUT2D eigenvalue weighted by Gasteiger charge is -2.18. The Labute approximate surface area is 281 Å². The van der Waals surface area contributed by atoms with Crippen LogP contribution in [0.3, 0.4) is 0 Å². The number of anilines is 2. The molecule has 0 aromatic heterocycles. The van der Waals surface area contributed by atoms with Crippen molar-refractivity contribution in [1.29, 1.82) is 0 Å². The molecule has 0 aliphatic rings. The van der Waals surface area contributed by atoms with Gasteiger partial charge in [0.15, 0.2) is 0 Å². The van der Waals surface area contributed by atoms with Crippen molar-refractivity contribution >= 4 is 64.4 Å². The second-order valence-corrected chi connectivity index (χ2v) is 11.8. The van der Waals surface area contributed by atoms with Gasteiger partial charge in [0.05, 0.1) is 11.3 Å². The van der Waals surface area contributed by atoms with Crippen LogP contribution in [0, 0.1) is 0 Å². The van der Waals surface area contributed by atoms with E-state index in [0.29, 0.717) is 27.5 Å². The first kappa shape index (κ1) is 32.7. The van der Waals surface area contributed by atoms with Crippen molar-refractivity contribution in [3.63, 3.8) is 0 Å². The molecule has 0 aliphatic heterocycles. The van der Waals surface area contributed by atoms with Crippen molar-refractivity contribution in [2.45, 2.75) is 10.1 Å². The van der Waals surface area contributed by atoms with Crippen molar-refractivity contribution in [3.05, 3.63) is 166 Å². The number of thioether (sulfide) groups is 1. The number of rotatable bonds is 11. The van der Waals surface area contributed by atoms with Crippen LogP contribution in [-0.2, 0) is 9.59 Å².